The van der Waals surface area contributed by atoms with Crippen molar-refractivity contribution in [3.63, 3.8) is 0 Å². The van der Waals surface area contributed by atoms with Crippen molar-refractivity contribution in [2.45, 2.75) is 19.6 Å². The summed E-state index contributed by atoms with van der Waals surface area (Å²) in [6.07, 6.45) is 0. The van der Waals surface area contributed by atoms with Crippen molar-refractivity contribution in [2.24, 2.45) is 0 Å². The summed E-state index contributed by atoms with van der Waals surface area (Å²) in [5, 5.41) is 2.87. The Labute approximate surface area is 113 Å². The maximum absolute atomic E-state index is 11.6. The minimum absolute atomic E-state index is 0.228. The van der Waals surface area contributed by atoms with Gasteiger partial charge in [0.15, 0.2) is 0 Å². The lowest BCUT2D eigenvalue weighted by atomic mass is 10.2. The molecule has 0 heterocycles. The second-order valence-corrected chi connectivity index (χ2v) is 3.98. The highest BCUT2D eigenvalue weighted by molar-refractivity contribution is 5.75. The van der Waals surface area contributed by atoms with Gasteiger partial charge < -0.3 is 19.5 Å². The lowest BCUT2D eigenvalue weighted by molar-refractivity contribution is -0.146. The van der Waals surface area contributed by atoms with Crippen LogP contribution >= 0.6 is 0 Å². The molecular weight excluding hydrogens is 246 g/mol. The third kappa shape index (κ3) is 5.28. The number of esters is 1. The van der Waals surface area contributed by atoms with Crippen LogP contribution in [0.2, 0.25) is 0 Å². The summed E-state index contributed by atoms with van der Waals surface area (Å²) in [5.74, 6) is 0.400. The van der Waals surface area contributed by atoms with E-state index in [-0.39, 0.29) is 12.6 Å². The Morgan fingerprint density at radius 3 is 2.84 bits per heavy atom. The molecule has 0 fully saturated rings. The Bertz CT molecular complexity index is 395. The van der Waals surface area contributed by atoms with Crippen molar-refractivity contribution < 1.29 is 19.0 Å². The fraction of sp³-hybridized carbons (Fsp3) is 0.500. The minimum atomic E-state index is -0.467. The fourth-order valence-electron chi connectivity index (χ4n) is 1.58. The van der Waals surface area contributed by atoms with E-state index in [0.717, 1.165) is 5.56 Å². The third-order valence-corrected chi connectivity index (χ3v) is 2.55. The highest BCUT2D eigenvalue weighted by Crippen LogP contribution is 2.14. The largest absolute Gasteiger partial charge is 0.491 e. The number of likely N-dealkylation sites (N-methyl/N-ethyl adjacent to an activating group) is 1. The van der Waals surface area contributed by atoms with Crippen molar-refractivity contribution in [1.29, 1.82) is 0 Å². The van der Waals surface area contributed by atoms with Crippen LogP contribution in [0.15, 0.2) is 24.3 Å². The van der Waals surface area contributed by atoms with Crippen LogP contribution in [0.4, 0.5) is 0 Å². The van der Waals surface area contributed by atoms with Gasteiger partial charge in [-0.3, -0.25) is 4.79 Å². The molecule has 1 atom stereocenters. The van der Waals surface area contributed by atoms with Gasteiger partial charge in [-0.15, -0.1) is 0 Å². The van der Waals surface area contributed by atoms with Gasteiger partial charge >= 0.3 is 5.97 Å². The molecule has 1 rings (SSSR count). The average molecular weight is 267 g/mol. The first-order valence-corrected chi connectivity index (χ1v) is 6.25. The smallest absolute Gasteiger partial charge is 0.326 e. The van der Waals surface area contributed by atoms with Crippen LogP contribution in [-0.4, -0.2) is 39.4 Å². The lowest BCUT2D eigenvalue weighted by Crippen LogP contribution is -2.40. The average Bonchev–Trinajstić information content (AvgIpc) is 2.40. The van der Waals surface area contributed by atoms with Crippen LogP contribution in [-0.2, 0) is 20.9 Å². The van der Waals surface area contributed by atoms with Gasteiger partial charge in [0.05, 0.1) is 13.2 Å². The molecule has 19 heavy (non-hydrogen) atoms. The number of nitrogens with one attached hydrogen (secondary N) is 1. The predicted octanol–water partition coefficient (Wildman–Crippen LogP) is 1.36. The van der Waals surface area contributed by atoms with E-state index in [2.05, 4.69) is 5.32 Å². The van der Waals surface area contributed by atoms with E-state index in [1.807, 2.05) is 24.3 Å². The van der Waals surface area contributed by atoms with Gasteiger partial charge in [-0.25, -0.2) is 0 Å². The molecule has 0 spiro atoms. The van der Waals surface area contributed by atoms with Crippen molar-refractivity contribution in [3.8, 4) is 5.75 Å². The summed E-state index contributed by atoms with van der Waals surface area (Å²) < 4.78 is 15.6. The zero-order valence-corrected chi connectivity index (χ0v) is 11.6. The van der Waals surface area contributed by atoms with Crippen molar-refractivity contribution in [1.82, 2.24) is 5.32 Å². The van der Waals surface area contributed by atoms with Gasteiger partial charge in [0, 0.05) is 7.11 Å². The van der Waals surface area contributed by atoms with Crippen LogP contribution in [0.1, 0.15) is 12.5 Å². The first-order valence-electron chi connectivity index (χ1n) is 6.25. The number of methoxy groups -OCH3 is 1. The summed E-state index contributed by atoms with van der Waals surface area (Å²) >= 11 is 0. The van der Waals surface area contributed by atoms with E-state index >= 15 is 0 Å². The molecule has 0 amide bonds. The number of ether oxygens (including phenoxy) is 3. The van der Waals surface area contributed by atoms with Gasteiger partial charge in [-0.05, 0) is 31.7 Å². The van der Waals surface area contributed by atoms with Gasteiger partial charge in [0.1, 0.15) is 18.4 Å². The van der Waals surface area contributed by atoms with Gasteiger partial charge in [0.2, 0.25) is 0 Å². The zero-order chi connectivity index (χ0) is 14.1. The van der Waals surface area contributed by atoms with E-state index in [1.54, 1.807) is 21.1 Å². The molecule has 0 saturated heterocycles. The second-order valence-electron chi connectivity index (χ2n) is 3.98. The Morgan fingerprint density at radius 2 is 2.21 bits per heavy atom. The molecule has 0 aliphatic heterocycles. The van der Waals surface area contributed by atoms with Crippen molar-refractivity contribution in [3.05, 3.63) is 29.8 Å². The van der Waals surface area contributed by atoms with E-state index in [1.165, 1.54) is 0 Å². The predicted molar refractivity (Wildman–Crippen MR) is 72.1 cm³/mol. The molecule has 0 bridgehead atoms. The van der Waals surface area contributed by atoms with Crippen molar-refractivity contribution in [2.75, 3.05) is 27.4 Å². The van der Waals surface area contributed by atoms with Gasteiger partial charge in [-0.1, -0.05) is 12.1 Å². The first-order chi connectivity index (χ1) is 9.21. The fourth-order valence-corrected chi connectivity index (χ4v) is 1.58. The van der Waals surface area contributed by atoms with E-state index in [9.17, 15) is 4.79 Å². The van der Waals surface area contributed by atoms with Crippen LogP contribution in [0.25, 0.3) is 0 Å². The summed E-state index contributed by atoms with van der Waals surface area (Å²) in [5.41, 5.74) is 1.03. The molecule has 0 saturated carbocycles. The van der Waals surface area contributed by atoms with Gasteiger partial charge in [0.25, 0.3) is 0 Å². The Balaban J connectivity index is 2.54. The second kappa shape index (κ2) is 8.50. The first kappa shape index (κ1) is 15.5. The summed E-state index contributed by atoms with van der Waals surface area (Å²) in [4.78, 5) is 11.6. The number of hydrogen-bond donors (Lipinski definition) is 1. The highest BCUT2D eigenvalue weighted by atomic mass is 16.5. The number of carbonyl (C=O) groups excluding carboxylic acids is 1. The Morgan fingerprint density at radius 1 is 1.42 bits per heavy atom. The van der Waals surface area contributed by atoms with Gasteiger partial charge in [-0.2, -0.15) is 0 Å². The molecule has 1 unspecified atom stereocenters. The molecule has 5 nitrogen and oxygen atoms in total. The highest BCUT2D eigenvalue weighted by Gasteiger charge is 2.18. The maximum Gasteiger partial charge on any atom is 0.326 e. The maximum atomic E-state index is 11.6. The summed E-state index contributed by atoms with van der Waals surface area (Å²) in [7, 11) is 3.34. The Hall–Kier alpha value is -1.59. The van der Waals surface area contributed by atoms with E-state index < -0.39 is 6.04 Å². The molecule has 106 valence electrons. The monoisotopic (exact) mass is 267 g/mol. The number of benzene rings is 1. The number of hydrogen-bond acceptors (Lipinski definition) is 5. The topological polar surface area (TPSA) is 56.8 Å². The summed E-state index contributed by atoms with van der Waals surface area (Å²) in [6, 6.07) is 7.11. The third-order valence-electron chi connectivity index (χ3n) is 2.55. The zero-order valence-electron chi connectivity index (χ0n) is 11.6. The SMILES string of the molecule is CCOC(=O)C(COc1cccc(COC)c1)NC. The van der Waals surface area contributed by atoms with E-state index in [0.29, 0.717) is 19.0 Å². The standard InChI is InChI=1S/C14H21NO4/c1-4-18-14(16)13(15-2)10-19-12-7-5-6-11(8-12)9-17-3/h5-8,13,15H,4,9-10H2,1-3H3. The molecular formula is C14H21NO4. The quantitative estimate of drug-likeness (QED) is 0.721. The molecule has 0 aliphatic rings. The van der Waals surface area contributed by atoms with Crippen LogP contribution in [0.3, 0.4) is 0 Å². The minimum Gasteiger partial charge on any atom is -0.491 e. The molecule has 1 aromatic carbocycles. The van der Waals surface area contributed by atoms with E-state index in [4.69, 9.17) is 14.2 Å². The lowest BCUT2D eigenvalue weighted by Gasteiger charge is -2.15. The normalized spacial score (nSPS) is 11.9. The van der Waals surface area contributed by atoms with Crippen LogP contribution < -0.4 is 10.1 Å². The molecule has 0 aliphatic carbocycles. The number of rotatable bonds is 8. The molecule has 5 heteroatoms. The molecule has 0 aromatic heterocycles. The molecule has 1 N–H and O–H groups in total. The summed E-state index contributed by atoms with van der Waals surface area (Å²) in [6.45, 7) is 2.90. The Kier molecular flexibility index (Phi) is 6.92. The number of carbonyl (C=O) groups is 1. The van der Waals surface area contributed by atoms with Crippen LogP contribution in [0.5, 0.6) is 5.75 Å². The van der Waals surface area contributed by atoms with Crippen molar-refractivity contribution >= 4 is 5.97 Å². The van der Waals surface area contributed by atoms with Crippen LogP contribution in [0, 0.1) is 0 Å². The molecule has 1 aromatic rings. The molecule has 0 radical (unpaired) electrons.